The van der Waals surface area contributed by atoms with E-state index in [0.29, 0.717) is 33.3 Å². The largest absolute Gasteiger partial charge is 0.490 e. The van der Waals surface area contributed by atoms with Gasteiger partial charge in [0.05, 0.1) is 28.0 Å². The number of rotatable bonds is 9. The van der Waals surface area contributed by atoms with Crippen LogP contribution in [0.3, 0.4) is 0 Å². The van der Waals surface area contributed by atoms with Crippen LogP contribution in [0.5, 0.6) is 17.4 Å². The van der Waals surface area contributed by atoms with Gasteiger partial charge in [-0.2, -0.15) is 0 Å². The highest BCUT2D eigenvalue weighted by atomic mass is 35.5. The molecule has 0 saturated carbocycles. The molecular formula is C28H33ClN6O3. The van der Waals surface area contributed by atoms with E-state index < -0.39 is 0 Å². The lowest BCUT2D eigenvalue weighted by Crippen LogP contribution is -2.34. The molecule has 1 saturated heterocycles. The van der Waals surface area contributed by atoms with Crippen LogP contribution in [0.2, 0.25) is 5.02 Å². The first-order valence-electron chi connectivity index (χ1n) is 12.6. The fourth-order valence-electron chi connectivity index (χ4n) is 3.91. The van der Waals surface area contributed by atoms with Gasteiger partial charge in [-0.1, -0.05) is 17.7 Å². The van der Waals surface area contributed by atoms with E-state index in [0.717, 1.165) is 43.4 Å². The average molecular weight is 537 g/mol. The number of amides is 1. The quantitative estimate of drug-likeness (QED) is 0.291. The van der Waals surface area contributed by atoms with E-state index in [9.17, 15) is 4.79 Å². The number of ether oxygens (including phenoxy) is 2. The van der Waals surface area contributed by atoms with Crippen molar-refractivity contribution in [3.63, 3.8) is 0 Å². The second-order valence-electron chi connectivity index (χ2n) is 10.2. The first kappa shape index (κ1) is 27.3. The fourth-order valence-corrected chi connectivity index (χ4v) is 4.15. The summed E-state index contributed by atoms with van der Waals surface area (Å²) < 4.78 is 12.3. The molecule has 1 aromatic heterocycles. The summed E-state index contributed by atoms with van der Waals surface area (Å²) in [6.07, 6.45) is 6.33. The molecule has 38 heavy (non-hydrogen) atoms. The second-order valence-corrected chi connectivity index (χ2v) is 10.6. The number of halogens is 1. The van der Waals surface area contributed by atoms with E-state index in [2.05, 4.69) is 25.9 Å². The predicted molar refractivity (Wildman–Crippen MR) is 149 cm³/mol. The molecule has 1 amide bonds. The van der Waals surface area contributed by atoms with Crippen molar-refractivity contribution in [1.82, 2.24) is 25.9 Å². The maximum atomic E-state index is 12.5. The molecule has 0 atom stereocenters. The maximum Gasteiger partial charge on any atom is 0.230 e. The summed E-state index contributed by atoms with van der Waals surface area (Å²) in [6, 6.07) is 10.9. The summed E-state index contributed by atoms with van der Waals surface area (Å²) in [5, 5.41) is 17.8. The van der Waals surface area contributed by atoms with Crippen LogP contribution < -0.4 is 25.4 Å². The van der Waals surface area contributed by atoms with E-state index in [1.54, 1.807) is 24.4 Å². The van der Waals surface area contributed by atoms with Crippen LogP contribution in [0.4, 0.5) is 0 Å². The zero-order chi connectivity index (χ0) is 27.1. The third kappa shape index (κ3) is 7.66. The van der Waals surface area contributed by atoms with Gasteiger partial charge in [0.2, 0.25) is 11.8 Å². The first-order valence-corrected chi connectivity index (χ1v) is 12.9. The number of allylic oxidation sites excluding steroid dienone is 1. The van der Waals surface area contributed by atoms with E-state index in [1.807, 2.05) is 39.0 Å². The molecule has 0 spiro atoms. The van der Waals surface area contributed by atoms with Crippen molar-refractivity contribution in [2.24, 2.45) is 0 Å². The van der Waals surface area contributed by atoms with Crippen LogP contribution in [-0.2, 0) is 11.2 Å². The Hall–Kier alpha value is -3.69. The Kier molecular flexibility index (Phi) is 8.81. The van der Waals surface area contributed by atoms with Gasteiger partial charge in [0.25, 0.3) is 0 Å². The fraction of sp³-hybridized carbons (Fsp3) is 0.357. The number of carbonyl (C=O) groups is 1. The maximum absolute atomic E-state index is 12.5. The molecule has 1 aliphatic heterocycles. The number of carbonyl (C=O) groups excluding carboxylic acids is 1. The highest BCUT2D eigenvalue weighted by Gasteiger charge is 2.16. The molecule has 1 fully saturated rings. The van der Waals surface area contributed by atoms with Crippen molar-refractivity contribution in [3.8, 4) is 17.4 Å². The Morgan fingerprint density at radius 2 is 1.97 bits per heavy atom. The highest BCUT2D eigenvalue weighted by Crippen LogP contribution is 2.34. The molecule has 2 heterocycles. The van der Waals surface area contributed by atoms with Gasteiger partial charge >= 0.3 is 0 Å². The zero-order valence-electron chi connectivity index (χ0n) is 21.8. The molecule has 9 nitrogen and oxygen atoms in total. The lowest BCUT2D eigenvalue weighted by atomic mass is 10.1. The van der Waals surface area contributed by atoms with Gasteiger partial charge in [0.1, 0.15) is 23.9 Å². The van der Waals surface area contributed by atoms with Crippen LogP contribution in [0.15, 0.2) is 54.6 Å². The first-order chi connectivity index (χ1) is 18.2. The van der Waals surface area contributed by atoms with Gasteiger partial charge in [0, 0.05) is 18.0 Å². The Morgan fingerprint density at radius 3 is 2.68 bits per heavy atom. The number of aromatic nitrogens is 2. The monoisotopic (exact) mass is 536 g/mol. The van der Waals surface area contributed by atoms with Crippen molar-refractivity contribution in [1.29, 1.82) is 5.41 Å². The molecule has 1 aliphatic rings. The molecular weight excluding hydrogens is 504 g/mol. The molecule has 0 aliphatic carbocycles. The third-order valence-electron chi connectivity index (χ3n) is 5.83. The van der Waals surface area contributed by atoms with Crippen molar-refractivity contribution in [2.75, 3.05) is 13.1 Å². The number of nitrogens with one attached hydrogen (secondary N) is 4. The molecule has 4 N–H and O–H groups in total. The summed E-state index contributed by atoms with van der Waals surface area (Å²) in [5.41, 5.74) is 1.63. The summed E-state index contributed by atoms with van der Waals surface area (Å²) in [6.45, 7) is 7.86. The van der Waals surface area contributed by atoms with Crippen LogP contribution >= 0.6 is 11.6 Å². The Labute approximate surface area is 227 Å². The topological polar surface area (TPSA) is 121 Å². The van der Waals surface area contributed by atoms with Crippen molar-refractivity contribution < 1.29 is 14.3 Å². The molecule has 200 valence electrons. The summed E-state index contributed by atoms with van der Waals surface area (Å²) in [4.78, 5) is 21.2. The minimum atomic E-state index is -0.261. The normalized spacial score (nSPS) is 14.7. The molecule has 0 unspecified atom stereocenters. The molecule has 0 bridgehead atoms. The smallest absolute Gasteiger partial charge is 0.230 e. The van der Waals surface area contributed by atoms with Crippen LogP contribution in [0.25, 0.3) is 10.9 Å². The average Bonchev–Trinajstić information content (AvgIpc) is 2.88. The van der Waals surface area contributed by atoms with Gasteiger partial charge in [-0.05, 0) is 82.6 Å². The van der Waals surface area contributed by atoms with Gasteiger partial charge in [0.15, 0.2) is 0 Å². The number of benzene rings is 2. The Balaban J connectivity index is 1.45. The van der Waals surface area contributed by atoms with E-state index in [1.165, 1.54) is 6.33 Å². The second kappa shape index (κ2) is 12.2. The lowest BCUT2D eigenvalue weighted by molar-refractivity contribution is -0.119. The lowest BCUT2D eigenvalue weighted by Gasteiger charge is -2.24. The minimum absolute atomic E-state index is 0.0918. The van der Waals surface area contributed by atoms with Crippen LogP contribution in [0, 0.1) is 5.41 Å². The molecule has 4 rings (SSSR count). The number of fused-ring (bicyclic) bond motifs is 1. The molecule has 0 radical (unpaired) electrons. The predicted octanol–water partition coefficient (Wildman–Crippen LogP) is 4.74. The molecule has 2 aromatic carbocycles. The van der Waals surface area contributed by atoms with Crippen molar-refractivity contribution >= 4 is 34.6 Å². The molecule has 3 aromatic rings. The summed E-state index contributed by atoms with van der Waals surface area (Å²) in [7, 11) is 0. The standard InChI is InChI=1S/C28H33ClN6O3/c1-28(2,3)34-16-19(15-30)35-26(36)13-18-4-7-25(23(29)12-18)38-27-22-14-21(5-6-24(22)32-17-33-27)37-20-8-10-31-11-9-20/h4-7,12,14-17,20,30-31,34H,8-11,13H2,1-3H3,(H,35,36)/b19-16+,30-15?. The van der Waals surface area contributed by atoms with Gasteiger partial charge in [-0.25, -0.2) is 9.97 Å². The van der Waals surface area contributed by atoms with Gasteiger partial charge in [-0.15, -0.1) is 0 Å². The van der Waals surface area contributed by atoms with Crippen molar-refractivity contribution in [3.05, 3.63) is 65.2 Å². The highest BCUT2D eigenvalue weighted by molar-refractivity contribution is 6.32. The number of piperidine rings is 1. The molecule has 10 heteroatoms. The Bertz CT molecular complexity index is 1330. The van der Waals surface area contributed by atoms with Crippen LogP contribution in [0.1, 0.15) is 39.2 Å². The minimum Gasteiger partial charge on any atom is -0.490 e. The van der Waals surface area contributed by atoms with E-state index in [4.69, 9.17) is 26.5 Å². The third-order valence-corrected chi connectivity index (χ3v) is 6.12. The van der Waals surface area contributed by atoms with Gasteiger partial charge < -0.3 is 30.8 Å². The zero-order valence-corrected chi connectivity index (χ0v) is 22.6. The number of hydrogen-bond acceptors (Lipinski definition) is 8. The van der Waals surface area contributed by atoms with Crippen LogP contribution in [-0.4, -0.2) is 46.8 Å². The van der Waals surface area contributed by atoms with Crippen molar-refractivity contribution in [2.45, 2.75) is 51.7 Å². The Morgan fingerprint density at radius 1 is 1.18 bits per heavy atom. The van der Waals surface area contributed by atoms with E-state index in [-0.39, 0.29) is 24.0 Å². The van der Waals surface area contributed by atoms with Gasteiger partial charge in [-0.3, -0.25) is 4.79 Å². The summed E-state index contributed by atoms with van der Waals surface area (Å²) >= 11 is 6.52. The number of hydrogen-bond donors (Lipinski definition) is 4. The number of nitrogens with zero attached hydrogens (tertiary/aromatic N) is 2. The SMILES string of the molecule is CC(C)(C)N/C=C(\C=N)NC(=O)Cc1ccc(Oc2ncnc3ccc(OC4CCNCC4)cc23)c(Cl)c1. The van der Waals surface area contributed by atoms with E-state index >= 15 is 0 Å². The summed E-state index contributed by atoms with van der Waals surface area (Å²) in [5.74, 6) is 1.26.